The molecule has 3 amide bonds. The van der Waals surface area contributed by atoms with Gasteiger partial charge in [-0.25, -0.2) is 14.6 Å². The first kappa shape index (κ1) is 42.3. The quantitative estimate of drug-likeness (QED) is 0.133. The molecule has 2 aromatic heterocycles. The molecule has 0 aliphatic carbocycles. The monoisotopic (exact) mass is 807 g/mol. The van der Waals surface area contributed by atoms with Gasteiger partial charge in [-0.3, -0.25) is 15.1 Å². The summed E-state index contributed by atoms with van der Waals surface area (Å²) in [5, 5.41) is 9.63. The predicted molar refractivity (Wildman–Crippen MR) is 228 cm³/mol. The lowest BCUT2D eigenvalue weighted by Crippen LogP contribution is -2.61. The molecule has 307 valence electrons. The van der Waals surface area contributed by atoms with Crippen molar-refractivity contribution in [2.75, 3.05) is 41.8 Å². The fraction of sp³-hybridized carbons (Fsp3) is 0.432. The van der Waals surface area contributed by atoms with Crippen LogP contribution in [0.3, 0.4) is 0 Å². The van der Waals surface area contributed by atoms with Crippen molar-refractivity contribution in [2.45, 2.75) is 90.8 Å². The minimum absolute atomic E-state index is 0.00169. The Balaban J connectivity index is 1.29. The molecule has 3 N–H and O–H groups in total. The summed E-state index contributed by atoms with van der Waals surface area (Å²) in [7, 11) is -1.26. The van der Waals surface area contributed by atoms with Gasteiger partial charge in [-0.1, -0.05) is 76.2 Å². The fourth-order valence-electron chi connectivity index (χ4n) is 6.86. The summed E-state index contributed by atoms with van der Waals surface area (Å²) in [5.41, 5.74) is 4.19. The number of ether oxygens (including phenoxy) is 3. The van der Waals surface area contributed by atoms with Crippen molar-refractivity contribution < 1.29 is 33.0 Å². The highest BCUT2D eigenvalue weighted by atomic mass is 28.3. The van der Waals surface area contributed by atoms with E-state index in [2.05, 4.69) is 66.2 Å². The number of fused-ring (bicyclic) bond motifs is 1. The Kier molecular flexibility index (Phi) is 13.2. The summed E-state index contributed by atoms with van der Waals surface area (Å²) >= 11 is 0. The molecule has 1 radical (unpaired) electrons. The third kappa shape index (κ3) is 11.0. The van der Waals surface area contributed by atoms with Crippen molar-refractivity contribution in [3.8, 4) is 0 Å². The number of nitrogens with one attached hydrogen (secondary N) is 3. The van der Waals surface area contributed by atoms with Crippen molar-refractivity contribution in [3.05, 3.63) is 96.0 Å². The second kappa shape index (κ2) is 18.1. The van der Waals surface area contributed by atoms with Crippen molar-refractivity contribution >= 4 is 60.7 Å². The molecule has 4 heterocycles. The molecule has 4 aromatic rings. The number of hydrogen-bond donors (Lipinski definition) is 3. The summed E-state index contributed by atoms with van der Waals surface area (Å²) in [6, 6.07) is 18.4. The lowest BCUT2D eigenvalue weighted by molar-refractivity contribution is 0.0354. The van der Waals surface area contributed by atoms with Crippen molar-refractivity contribution in [1.29, 1.82) is 0 Å². The molecule has 0 spiro atoms. The summed E-state index contributed by atoms with van der Waals surface area (Å²) in [6.45, 7) is 18.5. The molecule has 0 bridgehead atoms. The van der Waals surface area contributed by atoms with Crippen LogP contribution in [0.2, 0.25) is 11.6 Å². The number of alkyl carbamates (subject to hydrolysis) is 1. The molecule has 0 saturated carbocycles. The van der Waals surface area contributed by atoms with Crippen LogP contribution in [0.1, 0.15) is 76.5 Å². The van der Waals surface area contributed by atoms with E-state index < -0.39 is 38.8 Å². The number of benzene rings is 2. The number of nitrogens with zero attached hydrogens (tertiary/aromatic N) is 3. The number of hydrogen-bond acceptors (Lipinski definition) is 10. The first-order chi connectivity index (χ1) is 27.5. The predicted octanol–water partition coefficient (Wildman–Crippen LogP) is 8.59. The lowest BCUT2D eigenvalue weighted by atomic mass is 9.92. The van der Waals surface area contributed by atoms with Crippen molar-refractivity contribution in [1.82, 2.24) is 15.3 Å². The van der Waals surface area contributed by atoms with Crippen LogP contribution in [0, 0.1) is 5.92 Å². The third-order valence-electron chi connectivity index (χ3n) is 10.2. The molecule has 13 nitrogen and oxygen atoms in total. The molecule has 6 rings (SSSR count). The highest BCUT2D eigenvalue weighted by Crippen LogP contribution is 2.35. The summed E-state index contributed by atoms with van der Waals surface area (Å²) < 4.78 is 23.5. The van der Waals surface area contributed by atoms with E-state index in [4.69, 9.17) is 23.6 Å². The van der Waals surface area contributed by atoms with Gasteiger partial charge in [-0.2, -0.15) is 0 Å². The van der Waals surface area contributed by atoms with Crippen LogP contribution >= 0.6 is 0 Å². The van der Waals surface area contributed by atoms with Crippen molar-refractivity contribution in [3.63, 3.8) is 0 Å². The number of pyridine rings is 2. The van der Waals surface area contributed by atoms with Gasteiger partial charge in [-0.15, -0.1) is 0 Å². The van der Waals surface area contributed by atoms with Crippen LogP contribution < -0.4 is 20.9 Å². The zero-order chi connectivity index (χ0) is 41.6. The maximum Gasteiger partial charge on any atom is 0.412 e. The Morgan fingerprint density at radius 2 is 1.72 bits per heavy atom. The summed E-state index contributed by atoms with van der Waals surface area (Å²) in [6.07, 6.45) is 4.56. The Hall–Kier alpha value is -5.31. The number of anilines is 3. The minimum atomic E-state index is -1.26. The van der Waals surface area contributed by atoms with Gasteiger partial charge in [0.1, 0.15) is 12.2 Å². The molecule has 2 aliphatic rings. The van der Waals surface area contributed by atoms with Gasteiger partial charge in [0.05, 0.1) is 54.1 Å². The molecule has 14 heteroatoms. The van der Waals surface area contributed by atoms with Crippen LogP contribution in [0.5, 0.6) is 0 Å². The van der Waals surface area contributed by atoms with E-state index in [9.17, 15) is 14.4 Å². The van der Waals surface area contributed by atoms with E-state index in [1.807, 2.05) is 75.4 Å². The normalized spacial score (nSPS) is 18.7. The number of amides is 3. The second-order valence-corrected chi connectivity index (χ2v) is 19.8. The Bertz CT molecular complexity index is 2130. The maximum atomic E-state index is 14.4. The standard InChI is InChI=1S/C44H55N6O7Si/c1-28-25-50(26-36(49-42(53)56-43(2,3)4)39(28)57-58(8)44(5,6)7)37-16-19-45-24-35(37)47-40(51)38-34(48-41(52)55-27-29-12-10-9-11-13-29)23-32-15-14-31(22-33(32)46-38)30-17-20-54-21-18-30/h9-17,19,22-24,28,36,39H,18,20-21,25-27H2,1-8H3,(H,47,51)(H,48,52)(H,49,53). The second-order valence-electron chi connectivity index (χ2n) is 16.9. The van der Waals surface area contributed by atoms with E-state index in [1.165, 1.54) is 0 Å². The first-order valence-corrected chi connectivity index (χ1v) is 21.6. The number of carbonyl (C=O) groups is 3. The van der Waals surface area contributed by atoms with Gasteiger partial charge in [-0.05, 0) is 73.7 Å². The van der Waals surface area contributed by atoms with Gasteiger partial charge in [0, 0.05) is 30.6 Å². The highest BCUT2D eigenvalue weighted by molar-refractivity contribution is 6.53. The SMILES string of the molecule is CC1CN(c2ccncc2NC(=O)c2nc3cc(C4=CCOCC4)ccc3cc2NC(=O)OCc2ccccc2)CC(NC(=O)OC(C)(C)C)C1O[Si](C)C(C)(C)C. The average molecular weight is 808 g/mol. The lowest BCUT2D eigenvalue weighted by Gasteiger charge is -2.46. The molecule has 1 saturated heterocycles. The number of aromatic nitrogens is 2. The molecular weight excluding hydrogens is 753 g/mol. The smallest absolute Gasteiger partial charge is 0.412 e. The van der Waals surface area contributed by atoms with Gasteiger partial charge in [0.15, 0.2) is 5.69 Å². The number of piperidine rings is 1. The summed E-state index contributed by atoms with van der Waals surface area (Å²) in [4.78, 5) is 52.1. The van der Waals surface area contributed by atoms with Gasteiger partial charge in [0.25, 0.3) is 5.91 Å². The Labute approximate surface area is 342 Å². The van der Waals surface area contributed by atoms with Gasteiger partial charge in [0.2, 0.25) is 9.04 Å². The van der Waals surface area contributed by atoms with E-state index >= 15 is 0 Å². The zero-order valence-corrected chi connectivity index (χ0v) is 35.7. The van der Waals surface area contributed by atoms with E-state index in [1.54, 1.807) is 18.5 Å². The largest absolute Gasteiger partial charge is 0.444 e. The van der Waals surface area contributed by atoms with E-state index in [0.717, 1.165) is 28.5 Å². The van der Waals surface area contributed by atoms with E-state index in [0.29, 0.717) is 43.2 Å². The Morgan fingerprint density at radius 1 is 0.948 bits per heavy atom. The average Bonchev–Trinajstić information content (AvgIpc) is 3.17. The molecular formula is C44H55N6O7Si. The first-order valence-electron chi connectivity index (χ1n) is 19.7. The van der Waals surface area contributed by atoms with Crippen LogP contribution in [0.25, 0.3) is 16.5 Å². The van der Waals surface area contributed by atoms with Gasteiger partial charge < -0.3 is 34.2 Å². The Morgan fingerprint density at radius 3 is 2.43 bits per heavy atom. The van der Waals surface area contributed by atoms with Crippen LogP contribution in [-0.4, -0.2) is 81.2 Å². The van der Waals surface area contributed by atoms with Crippen LogP contribution in [0.15, 0.2) is 79.1 Å². The minimum Gasteiger partial charge on any atom is -0.444 e. The third-order valence-corrected chi connectivity index (χ3v) is 12.9. The molecule has 58 heavy (non-hydrogen) atoms. The maximum absolute atomic E-state index is 14.4. The number of rotatable bonds is 10. The molecule has 2 aromatic carbocycles. The van der Waals surface area contributed by atoms with E-state index in [-0.39, 0.29) is 35.0 Å². The van der Waals surface area contributed by atoms with Crippen molar-refractivity contribution in [2.24, 2.45) is 5.92 Å². The molecule has 2 aliphatic heterocycles. The zero-order valence-electron chi connectivity index (χ0n) is 34.7. The number of carbonyl (C=O) groups excluding carboxylic acids is 3. The molecule has 3 unspecified atom stereocenters. The molecule has 3 atom stereocenters. The summed E-state index contributed by atoms with van der Waals surface area (Å²) in [5.74, 6) is -0.559. The molecule has 1 fully saturated rings. The van der Waals surface area contributed by atoms with Gasteiger partial charge >= 0.3 is 12.2 Å². The fourth-order valence-corrected chi connectivity index (χ4v) is 8.02. The van der Waals surface area contributed by atoms with Crippen LogP contribution in [0.4, 0.5) is 26.7 Å². The topological polar surface area (TPSA) is 153 Å². The highest BCUT2D eigenvalue weighted by Gasteiger charge is 2.40. The van der Waals surface area contributed by atoms with Crippen LogP contribution in [-0.2, 0) is 25.2 Å².